The van der Waals surface area contributed by atoms with Crippen molar-refractivity contribution in [2.24, 2.45) is 0 Å². The van der Waals surface area contributed by atoms with Crippen molar-refractivity contribution >= 4 is 23.2 Å². The molecule has 1 aromatic carbocycles. The van der Waals surface area contributed by atoms with Crippen LogP contribution in [0.4, 0.5) is 0 Å². The Morgan fingerprint density at radius 1 is 1.20 bits per heavy atom. The van der Waals surface area contributed by atoms with Crippen molar-refractivity contribution in [3.05, 3.63) is 46.0 Å². The second-order valence-electron chi connectivity index (χ2n) is 3.37. The summed E-state index contributed by atoms with van der Waals surface area (Å²) in [6, 6.07) is 7.54. The van der Waals surface area contributed by atoms with Crippen molar-refractivity contribution in [1.29, 1.82) is 0 Å². The lowest BCUT2D eigenvalue weighted by Crippen LogP contribution is -1.96. The fraction of sp³-hybridized carbons (Fsp3) is 0.182. The first-order valence-electron chi connectivity index (χ1n) is 4.57. The fourth-order valence-corrected chi connectivity index (χ4v) is 2.02. The summed E-state index contributed by atoms with van der Waals surface area (Å²) in [5.41, 5.74) is 2.90. The molecule has 1 heterocycles. The Labute approximate surface area is 98.5 Å². The molecule has 2 aromatic rings. The van der Waals surface area contributed by atoms with E-state index in [2.05, 4.69) is 4.98 Å². The maximum absolute atomic E-state index is 6.05. The Hall–Kier alpha value is -0.990. The molecule has 0 aliphatic heterocycles. The Balaban J connectivity index is 2.63. The van der Waals surface area contributed by atoms with E-state index in [0.717, 1.165) is 17.1 Å². The summed E-state index contributed by atoms with van der Waals surface area (Å²) in [4.78, 5) is 4.20. The third kappa shape index (κ3) is 1.87. The van der Waals surface area contributed by atoms with Gasteiger partial charge in [0.25, 0.3) is 0 Å². The van der Waals surface area contributed by atoms with Crippen molar-refractivity contribution in [3.63, 3.8) is 0 Å². The van der Waals surface area contributed by atoms with Crippen molar-refractivity contribution in [2.75, 3.05) is 0 Å². The molecule has 0 spiro atoms. The van der Waals surface area contributed by atoms with Gasteiger partial charge in [-0.05, 0) is 43.6 Å². The van der Waals surface area contributed by atoms with E-state index in [-0.39, 0.29) is 0 Å². The Bertz CT molecular complexity index is 503. The molecule has 2 rings (SSSR count). The standard InChI is InChI=1S/C11H10Cl2N2/c1-7-8(2)15(11(13)14-7)10-5-3-4-9(12)6-10/h3-6H,1-2H3. The van der Waals surface area contributed by atoms with Gasteiger partial charge in [0.2, 0.25) is 5.28 Å². The molecule has 0 unspecified atom stereocenters. The molecular weight excluding hydrogens is 231 g/mol. The molecule has 0 amide bonds. The normalized spacial score (nSPS) is 10.7. The third-order valence-electron chi connectivity index (χ3n) is 2.37. The van der Waals surface area contributed by atoms with Gasteiger partial charge in [-0.3, -0.25) is 4.57 Å². The second-order valence-corrected chi connectivity index (χ2v) is 4.14. The quantitative estimate of drug-likeness (QED) is 0.742. The number of hydrogen-bond donors (Lipinski definition) is 0. The number of nitrogens with zero attached hydrogens (tertiary/aromatic N) is 2. The molecule has 15 heavy (non-hydrogen) atoms. The van der Waals surface area contributed by atoms with Crippen LogP contribution in [0.2, 0.25) is 10.3 Å². The number of aromatic nitrogens is 2. The third-order valence-corrected chi connectivity index (χ3v) is 2.86. The van der Waals surface area contributed by atoms with E-state index in [9.17, 15) is 0 Å². The van der Waals surface area contributed by atoms with E-state index < -0.39 is 0 Å². The molecule has 0 saturated heterocycles. The number of benzene rings is 1. The van der Waals surface area contributed by atoms with E-state index in [1.165, 1.54) is 0 Å². The van der Waals surface area contributed by atoms with Gasteiger partial charge in [-0.2, -0.15) is 0 Å². The topological polar surface area (TPSA) is 17.8 Å². The van der Waals surface area contributed by atoms with E-state index in [4.69, 9.17) is 23.2 Å². The lowest BCUT2D eigenvalue weighted by atomic mass is 10.3. The summed E-state index contributed by atoms with van der Waals surface area (Å²) >= 11 is 12.0. The molecule has 0 N–H and O–H groups in total. The predicted octanol–water partition coefficient (Wildman–Crippen LogP) is 3.80. The molecule has 0 bridgehead atoms. The SMILES string of the molecule is Cc1nc(Cl)n(-c2cccc(Cl)c2)c1C. The highest BCUT2D eigenvalue weighted by atomic mass is 35.5. The van der Waals surface area contributed by atoms with Gasteiger partial charge in [0.1, 0.15) is 0 Å². The smallest absolute Gasteiger partial charge is 0.207 e. The van der Waals surface area contributed by atoms with Gasteiger partial charge in [0.15, 0.2) is 0 Å². The van der Waals surface area contributed by atoms with Crippen LogP contribution < -0.4 is 0 Å². The van der Waals surface area contributed by atoms with Crippen LogP contribution in [0.5, 0.6) is 0 Å². The minimum Gasteiger partial charge on any atom is -0.288 e. The zero-order chi connectivity index (χ0) is 11.0. The number of imidazole rings is 1. The molecule has 2 nitrogen and oxygen atoms in total. The van der Waals surface area contributed by atoms with Crippen molar-refractivity contribution in [1.82, 2.24) is 9.55 Å². The molecule has 0 atom stereocenters. The number of halogens is 2. The van der Waals surface area contributed by atoms with Crippen LogP contribution in [0.15, 0.2) is 24.3 Å². The number of hydrogen-bond acceptors (Lipinski definition) is 1. The van der Waals surface area contributed by atoms with Crippen molar-refractivity contribution in [2.45, 2.75) is 13.8 Å². The molecule has 0 aliphatic rings. The van der Waals surface area contributed by atoms with Gasteiger partial charge < -0.3 is 0 Å². The molecule has 0 saturated carbocycles. The first-order valence-corrected chi connectivity index (χ1v) is 5.32. The van der Waals surface area contributed by atoms with E-state index in [1.54, 1.807) is 0 Å². The van der Waals surface area contributed by atoms with E-state index >= 15 is 0 Å². The highest BCUT2D eigenvalue weighted by molar-refractivity contribution is 6.31. The van der Waals surface area contributed by atoms with Crippen LogP contribution in [0.1, 0.15) is 11.4 Å². The Kier molecular flexibility index (Phi) is 2.72. The van der Waals surface area contributed by atoms with E-state index in [1.807, 2.05) is 42.7 Å². The molecule has 1 aromatic heterocycles. The summed E-state index contributed by atoms with van der Waals surface area (Å²) in [5, 5.41) is 1.15. The summed E-state index contributed by atoms with van der Waals surface area (Å²) in [6.07, 6.45) is 0. The zero-order valence-electron chi connectivity index (χ0n) is 8.46. The highest BCUT2D eigenvalue weighted by Gasteiger charge is 2.10. The molecule has 0 radical (unpaired) electrons. The minimum absolute atomic E-state index is 0.465. The summed E-state index contributed by atoms with van der Waals surface area (Å²) in [7, 11) is 0. The number of rotatable bonds is 1. The van der Waals surface area contributed by atoms with Crippen LogP contribution in [0.3, 0.4) is 0 Å². The first-order chi connectivity index (χ1) is 7.09. The molecule has 78 valence electrons. The summed E-state index contributed by atoms with van der Waals surface area (Å²) in [6.45, 7) is 3.91. The lowest BCUT2D eigenvalue weighted by molar-refractivity contribution is 1.00. The van der Waals surface area contributed by atoms with Gasteiger partial charge in [0.05, 0.1) is 5.69 Å². The average Bonchev–Trinajstić information content (AvgIpc) is 2.41. The maximum Gasteiger partial charge on any atom is 0.207 e. The largest absolute Gasteiger partial charge is 0.288 e. The van der Waals surface area contributed by atoms with Crippen LogP contribution in [-0.2, 0) is 0 Å². The van der Waals surface area contributed by atoms with Crippen LogP contribution in [0.25, 0.3) is 5.69 Å². The van der Waals surface area contributed by atoms with Gasteiger partial charge in [-0.1, -0.05) is 17.7 Å². The Morgan fingerprint density at radius 2 is 1.93 bits per heavy atom. The van der Waals surface area contributed by atoms with Crippen LogP contribution in [-0.4, -0.2) is 9.55 Å². The molecular formula is C11H10Cl2N2. The molecule has 0 aliphatic carbocycles. The van der Waals surface area contributed by atoms with E-state index in [0.29, 0.717) is 10.3 Å². The molecule has 4 heteroatoms. The van der Waals surface area contributed by atoms with Crippen LogP contribution in [0, 0.1) is 13.8 Å². The van der Waals surface area contributed by atoms with Crippen molar-refractivity contribution in [3.8, 4) is 5.69 Å². The van der Waals surface area contributed by atoms with Gasteiger partial charge in [-0.15, -0.1) is 0 Å². The summed E-state index contributed by atoms with van der Waals surface area (Å²) < 4.78 is 1.88. The van der Waals surface area contributed by atoms with Gasteiger partial charge in [0, 0.05) is 16.4 Å². The average molecular weight is 241 g/mol. The van der Waals surface area contributed by atoms with Crippen molar-refractivity contribution < 1.29 is 0 Å². The number of aryl methyl sites for hydroxylation is 1. The van der Waals surface area contributed by atoms with Gasteiger partial charge in [-0.25, -0.2) is 4.98 Å². The monoisotopic (exact) mass is 240 g/mol. The highest BCUT2D eigenvalue weighted by Crippen LogP contribution is 2.23. The van der Waals surface area contributed by atoms with Crippen LogP contribution >= 0.6 is 23.2 Å². The first kappa shape index (κ1) is 10.5. The lowest BCUT2D eigenvalue weighted by Gasteiger charge is -2.06. The van der Waals surface area contributed by atoms with Gasteiger partial charge >= 0.3 is 0 Å². The molecule has 0 fully saturated rings. The maximum atomic E-state index is 6.05. The predicted molar refractivity (Wildman–Crippen MR) is 63.1 cm³/mol. The fourth-order valence-electron chi connectivity index (χ4n) is 1.48. The second kappa shape index (κ2) is 3.87. The Morgan fingerprint density at radius 3 is 2.47 bits per heavy atom. The zero-order valence-corrected chi connectivity index (χ0v) is 9.97. The minimum atomic E-state index is 0.465. The summed E-state index contributed by atoms with van der Waals surface area (Å²) in [5.74, 6) is 0.